The van der Waals surface area contributed by atoms with Gasteiger partial charge in [0.2, 0.25) is 0 Å². The first kappa shape index (κ1) is 15.5. The molecule has 8 heteroatoms. The SMILES string of the molecule is CN(Cc1cc(Br)cs1)c1ccc([N+](=O)[O-])cc1C(=O)O. The highest BCUT2D eigenvalue weighted by atomic mass is 79.9. The molecule has 2 rings (SSSR count). The van der Waals surface area contributed by atoms with E-state index >= 15 is 0 Å². The topological polar surface area (TPSA) is 83.7 Å². The standard InChI is InChI=1S/C13H11BrN2O4S/c1-15(6-10-4-8(14)7-21-10)12-3-2-9(16(19)20)5-11(12)13(17)18/h2-5,7H,6H2,1H3,(H,17,18). The van der Waals surface area contributed by atoms with E-state index in [-0.39, 0.29) is 11.3 Å². The van der Waals surface area contributed by atoms with Gasteiger partial charge in [0.1, 0.15) is 0 Å². The molecule has 0 spiro atoms. The molecule has 1 aromatic carbocycles. The highest BCUT2D eigenvalue weighted by Crippen LogP contribution is 2.28. The van der Waals surface area contributed by atoms with Crippen molar-refractivity contribution in [3.05, 3.63) is 54.7 Å². The molecule has 0 atom stereocenters. The maximum Gasteiger partial charge on any atom is 0.338 e. The van der Waals surface area contributed by atoms with Crippen molar-refractivity contribution in [3.8, 4) is 0 Å². The number of carbonyl (C=O) groups is 1. The quantitative estimate of drug-likeness (QED) is 0.639. The molecule has 0 aliphatic carbocycles. The molecule has 0 amide bonds. The molecule has 0 saturated carbocycles. The van der Waals surface area contributed by atoms with Gasteiger partial charge in [-0.25, -0.2) is 4.79 Å². The van der Waals surface area contributed by atoms with E-state index in [9.17, 15) is 20.0 Å². The molecule has 0 bridgehead atoms. The second-order valence-electron chi connectivity index (χ2n) is 4.35. The Morgan fingerprint density at radius 3 is 2.71 bits per heavy atom. The number of thiophene rings is 1. The molecular weight excluding hydrogens is 360 g/mol. The summed E-state index contributed by atoms with van der Waals surface area (Å²) in [5.74, 6) is -1.19. The van der Waals surface area contributed by atoms with E-state index in [2.05, 4.69) is 15.9 Å². The zero-order valence-electron chi connectivity index (χ0n) is 10.9. The minimum Gasteiger partial charge on any atom is -0.478 e. The molecule has 0 radical (unpaired) electrons. The third-order valence-electron chi connectivity index (χ3n) is 2.85. The Morgan fingerprint density at radius 2 is 2.19 bits per heavy atom. The summed E-state index contributed by atoms with van der Waals surface area (Å²) in [4.78, 5) is 24.3. The molecule has 2 aromatic rings. The van der Waals surface area contributed by atoms with Crippen LogP contribution in [0.1, 0.15) is 15.2 Å². The molecule has 1 N–H and O–H groups in total. The third kappa shape index (κ3) is 3.59. The van der Waals surface area contributed by atoms with Crippen molar-refractivity contribution in [2.24, 2.45) is 0 Å². The number of nitro groups is 1. The largest absolute Gasteiger partial charge is 0.478 e. The average Bonchev–Trinajstić information content (AvgIpc) is 2.83. The van der Waals surface area contributed by atoms with Crippen LogP contribution in [0.4, 0.5) is 11.4 Å². The Balaban J connectivity index is 2.33. The van der Waals surface area contributed by atoms with Gasteiger partial charge in [-0.15, -0.1) is 11.3 Å². The predicted molar refractivity (Wildman–Crippen MR) is 84.2 cm³/mol. The predicted octanol–water partition coefficient (Wildman–Crippen LogP) is 3.75. The summed E-state index contributed by atoms with van der Waals surface area (Å²) in [6.45, 7) is 0.522. The van der Waals surface area contributed by atoms with Crippen molar-refractivity contribution in [1.82, 2.24) is 0 Å². The van der Waals surface area contributed by atoms with Crippen molar-refractivity contribution < 1.29 is 14.8 Å². The van der Waals surface area contributed by atoms with Gasteiger partial charge in [0, 0.05) is 33.9 Å². The lowest BCUT2D eigenvalue weighted by molar-refractivity contribution is -0.384. The van der Waals surface area contributed by atoms with Gasteiger partial charge in [0.25, 0.3) is 5.69 Å². The second kappa shape index (κ2) is 6.23. The normalized spacial score (nSPS) is 10.4. The molecule has 0 fully saturated rings. The van der Waals surface area contributed by atoms with E-state index in [1.807, 2.05) is 11.4 Å². The number of halogens is 1. The molecule has 6 nitrogen and oxygen atoms in total. The van der Waals surface area contributed by atoms with Crippen LogP contribution in [0.5, 0.6) is 0 Å². The van der Waals surface area contributed by atoms with Gasteiger partial charge in [-0.1, -0.05) is 0 Å². The minimum atomic E-state index is -1.19. The van der Waals surface area contributed by atoms with Crippen LogP contribution in [-0.2, 0) is 6.54 Å². The number of rotatable bonds is 5. The van der Waals surface area contributed by atoms with Crippen LogP contribution in [0.3, 0.4) is 0 Å². The van der Waals surface area contributed by atoms with Gasteiger partial charge in [-0.05, 0) is 28.1 Å². The first-order valence-electron chi connectivity index (χ1n) is 5.84. The maximum atomic E-state index is 11.3. The Kier molecular flexibility index (Phi) is 4.59. The lowest BCUT2D eigenvalue weighted by atomic mass is 10.1. The van der Waals surface area contributed by atoms with Crippen LogP contribution < -0.4 is 4.90 Å². The average molecular weight is 371 g/mol. The van der Waals surface area contributed by atoms with Gasteiger partial charge in [-0.3, -0.25) is 10.1 Å². The monoisotopic (exact) mass is 370 g/mol. The van der Waals surface area contributed by atoms with Crippen LogP contribution in [0, 0.1) is 10.1 Å². The number of nitro benzene ring substituents is 1. The van der Waals surface area contributed by atoms with Crippen LogP contribution in [0.15, 0.2) is 34.1 Å². The molecule has 0 aliphatic rings. The lowest BCUT2D eigenvalue weighted by Gasteiger charge is -2.20. The number of nitrogens with zero attached hydrogens (tertiary/aromatic N) is 2. The van der Waals surface area contributed by atoms with Gasteiger partial charge in [-0.2, -0.15) is 0 Å². The smallest absolute Gasteiger partial charge is 0.338 e. The van der Waals surface area contributed by atoms with Crippen molar-refractivity contribution >= 4 is 44.6 Å². The molecular formula is C13H11BrN2O4S. The zero-order chi connectivity index (χ0) is 15.6. The fourth-order valence-electron chi connectivity index (χ4n) is 1.90. The highest BCUT2D eigenvalue weighted by Gasteiger charge is 2.18. The molecule has 21 heavy (non-hydrogen) atoms. The lowest BCUT2D eigenvalue weighted by Crippen LogP contribution is -2.19. The molecule has 110 valence electrons. The molecule has 0 saturated heterocycles. The van der Waals surface area contributed by atoms with Crippen molar-refractivity contribution in [2.75, 3.05) is 11.9 Å². The number of anilines is 1. The first-order valence-corrected chi connectivity index (χ1v) is 7.51. The second-order valence-corrected chi connectivity index (χ2v) is 6.26. The van der Waals surface area contributed by atoms with Crippen molar-refractivity contribution in [1.29, 1.82) is 0 Å². The summed E-state index contributed by atoms with van der Waals surface area (Å²) < 4.78 is 0.970. The Morgan fingerprint density at radius 1 is 1.48 bits per heavy atom. The van der Waals surface area contributed by atoms with Gasteiger partial charge >= 0.3 is 5.97 Å². The number of hydrogen-bond acceptors (Lipinski definition) is 5. The van der Waals surface area contributed by atoms with E-state index in [0.717, 1.165) is 15.4 Å². The van der Waals surface area contributed by atoms with E-state index in [1.165, 1.54) is 12.1 Å². The fourth-order valence-corrected chi connectivity index (χ4v) is 3.40. The van der Waals surface area contributed by atoms with Gasteiger partial charge < -0.3 is 10.0 Å². The van der Waals surface area contributed by atoms with E-state index in [4.69, 9.17) is 0 Å². The number of hydrogen-bond donors (Lipinski definition) is 1. The minimum absolute atomic E-state index is 0.0812. The summed E-state index contributed by atoms with van der Waals surface area (Å²) in [6, 6.07) is 5.80. The summed E-state index contributed by atoms with van der Waals surface area (Å²) in [6.07, 6.45) is 0. The Hall–Kier alpha value is -1.93. The number of carboxylic acid groups (broad SMARTS) is 1. The van der Waals surface area contributed by atoms with Gasteiger partial charge in [0.05, 0.1) is 22.7 Å². The van der Waals surface area contributed by atoms with E-state index < -0.39 is 10.9 Å². The van der Waals surface area contributed by atoms with Gasteiger partial charge in [0.15, 0.2) is 0 Å². The first-order chi connectivity index (χ1) is 9.88. The van der Waals surface area contributed by atoms with Crippen LogP contribution in [-0.4, -0.2) is 23.0 Å². The summed E-state index contributed by atoms with van der Waals surface area (Å²) in [5.41, 5.74) is 0.128. The number of carboxylic acids is 1. The van der Waals surface area contributed by atoms with Crippen molar-refractivity contribution in [2.45, 2.75) is 6.54 Å². The number of aromatic carboxylic acids is 1. The third-order valence-corrected chi connectivity index (χ3v) is 4.53. The molecule has 1 heterocycles. The summed E-state index contributed by atoms with van der Waals surface area (Å²) >= 11 is 4.91. The number of non-ortho nitro benzene ring substituents is 1. The fraction of sp³-hybridized carbons (Fsp3) is 0.154. The maximum absolute atomic E-state index is 11.3. The van der Waals surface area contributed by atoms with Crippen LogP contribution in [0.2, 0.25) is 0 Å². The molecule has 1 aromatic heterocycles. The highest BCUT2D eigenvalue weighted by molar-refractivity contribution is 9.10. The van der Waals surface area contributed by atoms with Crippen LogP contribution in [0.25, 0.3) is 0 Å². The van der Waals surface area contributed by atoms with E-state index in [1.54, 1.807) is 23.3 Å². The summed E-state index contributed by atoms with van der Waals surface area (Å²) in [7, 11) is 1.75. The Labute approximate surface area is 132 Å². The zero-order valence-corrected chi connectivity index (χ0v) is 13.3. The molecule has 0 aliphatic heterocycles. The van der Waals surface area contributed by atoms with E-state index in [0.29, 0.717) is 12.2 Å². The number of benzene rings is 1. The molecule has 0 unspecified atom stereocenters. The van der Waals surface area contributed by atoms with Crippen molar-refractivity contribution in [3.63, 3.8) is 0 Å². The Bertz CT molecular complexity index is 701. The summed E-state index contributed by atoms with van der Waals surface area (Å²) in [5, 5.41) is 21.9. The van der Waals surface area contributed by atoms with Crippen LogP contribution >= 0.6 is 27.3 Å².